The van der Waals surface area contributed by atoms with E-state index in [9.17, 15) is 0 Å². The third-order valence-corrected chi connectivity index (χ3v) is 2.55. The van der Waals surface area contributed by atoms with E-state index in [0.29, 0.717) is 31.3 Å². The van der Waals surface area contributed by atoms with Crippen LogP contribution in [0.5, 0.6) is 11.5 Å². The highest BCUT2D eigenvalue weighted by molar-refractivity contribution is 5.42. The number of nitrogens with zero attached hydrogens (tertiary/aromatic N) is 1. The van der Waals surface area contributed by atoms with Crippen LogP contribution >= 0.6 is 0 Å². The zero-order valence-corrected chi connectivity index (χ0v) is 11.6. The van der Waals surface area contributed by atoms with E-state index in [1.165, 1.54) is 0 Å². The van der Waals surface area contributed by atoms with Gasteiger partial charge in [-0.05, 0) is 6.42 Å². The largest absolute Gasteiger partial charge is 0.493 e. The quantitative estimate of drug-likeness (QED) is 0.517. The third kappa shape index (κ3) is 5.28. The highest BCUT2D eigenvalue weighted by atomic mass is 16.5. The topological polar surface area (TPSA) is 52.6 Å². The molecule has 0 bridgehead atoms. The number of hydrogen-bond acceptors (Lipinski definition) is 5. The van der Waals surface area contributed by atoms with Crippen molar-refractivity contribution in [3.05, 3.63) is 30.6 Å². The van der Waals surface area contributed by atoms with Gasteiger partial charge < -0.3 is 19.5 Å². The highest BCUT2D eigenvalue weighted by Crippen LogP contribution is 2.28. The lowest BCUT2D eigenvalue weighted by Gasteiger charge is -2.12. The van der Waals surface area contributed by atoms with E-state index in [1.54, 1.807) is 26.5 Å². The van der Waals surface area contributed by atoms with Crippen molar-refractivity contribution in [1.82, 2.24) is 10.3 Å². The zero-order chi connectivity index (χ0) is 13.9. The minimum Gasteiger partial charge on any atom is -0.493 e. The highest BCUT2D eigenvalue weighted by Gasteiger charge is 2.09. The summed E-state index contributed by atoms with van der Waals surface area (Å²) in [6.45, 7) is 6.40. The molecule has 0 spiro atoms. The zero-order valence-electron chi connectivity index (χ0n) is 11.6. The summed E-state index contributed by atoms with van der Waals surface area (Å²) in [6.07, 6.45) is 4.43. The van der Waals surface area contributed by atoms with Gasteiger partial charge in [0.2, 0.25) is 0 Å². The summed E-state index contributed by atoms with van der Waals surface area (Å²) in [5.74, 6) is 1.36. The molecule has 0 aliphatic rings. The van der Waals surface area contributed by atoms with Crippen molar-refractivity contribution in [2.24, 2.45) is 0 Å². The molecule has 1 aromatic heterocycles. The summed E-state index contributed by atoms with van der Waals surface area (Å²) >= 11 is 0. The minimum absolute atomic E-state index is 0.616. The van der Waals surface area contributed by atoms with Gasteiger partial charge in [0.15, 0.2) is 11.5 Å². The second kappa shape index (κ2) is 9.35. The summed E-state index contributed by atoms with van der Waals surface area (Å²) in [5.41, 5.74) is 0.827. The van der Waals surface area contributed by atoms with Crippen LogP contribution in [0, 0.1) is 0 Å². The Kier molecular flexibility index (Phi) is 7.62. The van der Waals surface area contributed by atoms with Crippen molar-refractivity contribution in [2.75, 3.05) is 34.0 Å². The molecule has 0 radical (unpaired) electrons. The van der Waals surface area contributed by atoms with Crippen molar-refractivity contribution in [2.45, 2.75) is 13.0 Å². The molecule has 0 saturated heterocycles. The number of nitrogens with one attached hydrogen (secondary N) is 1. The second-order valence-corrected chi connectivity index (χ2v) is 3.86. The Labute approximate surface area is 114 Å². The minimum atomic E-state index is 0.616. The van der Waals surface area contributed by atoms with E-state index >= 15 is 0 Å². The molecule has 0 fully saturated rings. The normalized spacial score (nSPS) is 10.2. The SMILES string of the molecule is C=CCCOCCNCc1nccc(OC)c1OC. The molecule has 19 heavy (non-hydrogen) atoms. The average Bonchev–Trinajstić information content (AvgIpc) is 2.45. The van der Waals surface area contributed by atoms with Gasteiger partial charge >= 0.3 is 0 Å². The van der Waals surface area contributed by atoms with Gasteiger partial charge in [-0.3, -0.25) is 4.98 Å². The van der Waals surface area contributed by atoms with Gasteiger partial charge in [-0.1, -0.05) is 6.08 Å². The van der Waals surface area contributed by atoms with E-state index in [4.69, 9.17) is 14.2 Å². The van der Waals surface area contributed by atoms with Crippen LogP contribution in [0.15, 0.2) is 24.9 Å². The number of ether oxygens (including phenoxy) is 3. The second-order valence-electron chi connectivity index (χ2n) is 3.86. The van der Waals surface area contributed by atoms with Crippen molar-refractivity contribution in [1.29, 1.82) is 0 Å². The molecule has 106 valence electrons. The molecule has 0 atom stereocenters. The number of rotatable bonds is 10. The Morgan fingerprint density at radius 1 is 1.32 bits per heavy atom. The Balaban J connectivity index is 2.34. The molecule has 0 aliphatic heterocycles. The Morgan fingerprint density at radius 2 is 2.16 bits per heavy atom. The molecule has 5 nitrogen and oxygen atoms in total. The van der Waals surface area contributed by atoms with Crippen molar-refractivity contribution < 1.29 is 14.2 Å². The number of methoxy groups -OCH3 is 2. The van der Waals surface area contributed by atoms with Crippen molar-refractivity contribution in [3.63, 3.8) is 0 Å². The van der Waals surface area contributed by atoms with Gasteiger partial charge in [-0.2, -0.15) is 0 Å². The number of pyridine rings is 1. The fraction of sp³-hybridized carbons (Fsp3) is 0.500. The van der Waals surface area contributed by atoms with E-state index in [1.807, 2.05) is 6.08 Å². The van der Waals surface area contributed by atoms with Crippen LogP contribution in [0.1, 0.15) is 12.1 Å². The van der Waals surface area contributed by atoms with E-state index in [0.717, 1.165) is 18.7 Å². The standard InChI is InChI=1S/C14H22N2O3/c1-4-5-9-19-10-8-15-11-12-14(18-3)13(17-2)6-7-16-12/h4,6-7,15H,1,5,8-11H2,2-3H3. The van der Waals surface area contributed by atoms with E-state index in [2.05, 4.69) is 16.9 Å². The number of hydrogen-bond donors (Lipinski definition) is 1. The van der Waals surface area contributed by atoms with E-state index in [-0.39, 0.29) is 0 Å². The van der Waals surface area contributed by atoms with Crippen LogP contribution in [0.25, 0.3) is 0 Å². The predicted molar refractivity (Wildman–Crippen MR) is 74.7 cm³/mol. The summed E-state index contributed by atoms with van der Waals surface area (Å²) in [4.78, 5) is 4.28. The molecule has 0 aliphatic carbocycles. The first kappa shape index (κ1) is 15.5. The lowest BCUT2D eigenvalue weighted by Crippen LogP contribution is -2.20. The first-order chi connectivity index (χ1) is 9.33. The van der Waals surface area contributed by atoms with Gasteiger partial charge in [0, 0.05) is 25.4 Å². The lowest BCUT2D eigenvalue weighted by atomic mass is 10.3. The molecular weight excluding hydrogens is 244 g/mol. The fourth-order valence-electron chi connectivity index (χ4n) is 1.60. The van der Waals surface area contributed by atoms with Gasteiger partial charge in [0.1, 0.15) is 0 Å². The van der Waals surface area contributed by atoms with Crippen LogP contribution in [-0.4, -0.2) is 39.0 Å². The molecule has 5 heteroatoms. The van der Waals surface area contributed by atoms with Gasteiger partial charge in [0.25, 0.3) is 0 Å². The molecule has 0 aromatic carbocycles. The maximum absolute atomic E-state index is 5.40. The molecule has 1 N–H and O–H groups in total. The maximum Gasteiger partial charge on any atom is 0.183 e. The van der Waals surface area contributed by atoms with Crippen LogP contribution in [-0.2, 0) is 11.3 Å². The van der Waals surface area contributed by atoms with Gasteiger partial charge in [-0.15, -0.1) is 6.58 Å². The lowest BCUT2D eigenvalue weighted by molar-refractivity contribution is 0.140. The Morgan fingerprint density at radius 3 is 2.84 bits per heavy atom. The summed E-state index contributed by atoms with van der Waals surface area (Å²) in [5, 5.41) is 3.26. The van der Waals surface area contributed by atoms with Crippen LogP contribution < -0.4 is 14.8 Å². The monoisotopic (exact) mass is 266 g/mol. The maximum atomic E-state index is 5.40. The molecule has 0 amide bonds. The molecular formula is C14H22N2O3. The third-order valence-electron chi connectivity index (χ3n) is 2.55. The average molecular weight is 266 g/mol. The predicted octanol–water partition coefficient (Wildman–Crippen LogP) is 1.78. The first-order valence-electron chi connectivity index (χ1n) is 6.28. The van der Waals surface area contributed by atoms with Crippen LogP contribution in [0.2, 0.25) is 0 Å². The summed E-state index contributed by atoms with van der Waals surface area (Å²) < 4.78 is 15.9. The smallest absolute Gasteiger partial charge is 0.183 e. The number of aromatic nitrogens is 1. The first-order valence-corrected chi connectivity index (χ1v) is 6.28. The van der Waals surface area contributed by atoms with Crippen molar-refractivity contribution in [3.8, 4) is 11.5 Å². The molecule has 0 unspecified atom stereocenters. The molecule has 1 rings (SSSR count). The molecule has 1 aromatic rings. The molecule has 1 heterocycles. The summed E-state index contributed by atoms with van der Waals surface area (Å²) in [7, 11) is 3.23. The van der Waals surface area contributed by atoms with Crippen LogP contribution in [0.3, 0.4) is 0 Å². The summed E-state index contributed by atoms with van der Waals surface area (Å²) in [6, 6.07) is 1.78. The fourth-order valence-corrected chi connectivity index (χ4v) is 1.60. The van der Waals surface area contributed by atoms with E-state index < -0.39 is 0 Å². The van der Waals surface area contributed by atoms with Gasteiger partial charge in [-0.25, -0.2) is 0 Å². The Hall–Kier alpha value is -1.59. The van der Waals surface area contributed by atoms with Crippen LogP contribution in [0.4, 0.5) is 0 Å². The van der Waals surface area contributed by atoms with Crippen molar-refractivity contribution >= 4 is 0 Å². The Bertz CT molecular complexity index is 383. The molecule has 0 saturated carbocycles. The van der Waals surface area contributed by atoms with Gasteiger partial charge in [0.05, 0.1) is 33.1 Å².